The number of para-hydroxylation sites is 1. The first-order valence-corrected chi connectivity index (χ1v) is 11.0. The largest absolute Gasteiger partial charge is 0.279 e. The van der Waals surface area contributed by atoms with Crippen molar-refractivity contribution in [2.75, 3.05) is 5.43 Å². The number of benzene rings is 2. The summed E-state index contributed by atoms with van der Waals surface area (Å²) in [5.74, 6) is 0. The number of hydrogen-bond acceptors (Lipinski definition) is 6. The lowest BCUT2D eigenvalue weighted by atomic mass is 10.2. The molecular formula is C20H17N5O2S2. The molecule has 0 aliphatic rings. The maximum atomic E-state index is 11.3. The van der Waals surface area contributed by atoms with Crippen LogP contribution in [0.2, 0.25) is 0 Å². The van der Waals surface area contributed by atoms with Gasteiger partial charge in [-0.2, -0.15) is 10.2 Å². The van der Waals surface area contributed by atoms with Crippen LogP contribution >= 0.6 is 11.3 Å². The Morgan fingerprint density at radius 1 is 1.03 bits per heavy atom. The van der Waals surface area contributed by atoms with Crippen molar-refractivity contribution >= 4 is 33.3 Å². The lowest BCUT2D eigenvalue weighted by molar-refractivity contribution is 0.598. The summed E-state index contributed by atoms with van der Waals surface area (Å²) >= 11 is 1.61. The van der Waals surface area contributed by atoms with E-state index < -0.39 is 10.0 Å². The highest BCUT2D eigenvalue weighted by molar-refractivity contribution is 7.89. The molecule has 4 aromatic rings. The van der Waals surface area contributed by atoms with Crippen molar-refractivity contribution in [1.82, 2.24) is 9.78 Å². The summed E-state index contributed by atoms with van der Waals surface area (Å²) in [6.45, 7) is 0. The number of hydrogen-bond donors (Lipinski definition) is 2. The zero-order valence-corrected chi connectivity index (χ0v) is 16.8. The molecule has 0 atom stereocenters. The molecule has 2 aromatic carbocycles. The smallest absolute Gasteiger partial charge is 0.238 e. The van der Waals surface area contributed by atoms with E-state index in [1.165, 1.54) is 12.1 Å². The van der Waals surface area contributed by atoms with E-state index in [4.69, 9.17) is 10.2 Å². The molecule has 0 amide bonds. The average Bonchev–Trinajstić information content (AvgIpc) is 3.38. The first kappa shape index (κ1) is 19.1. The van der Waals surface area contributed by atoms with Gasteiger partial charge in [-0.1, -0.05) is 24.3 Å². The Balaban J connectivity index is 1.60. The maximum Gasteiger partial charge on any atom is 0.238 e. The molecule has 0 spiro atoms. The summed E-state index contributed by atoms with van der Waals surface area (Å²) in [6.07, 6.45) is 3.61. The van der Waals surface area contributed by atoms with E-state index in [0.717, 1.165) is 21.8 Å². The SMILES string of the molecule is NS(=O)(=O)c1ccc(N/N=C\c2cn(-c3ccccc3)nc2-c2cccs2)cc1. The summed E-state index contributed by atoms with van der Waals surface area (Å²) in [5, 5.41) is 16.1. The van der Waals surface area contributed by atoms with Gasteiger partial charge in [0.1, 0.15) is 5.69 Å². The monoisotopic (exact) mass is 423 g/mol. The fourth-order valence-electron chi connectivity index (χ4n) is 2.70. The molecule has 0 bridgehead atoms. The van der Waals surface area contributed by atoms with E-state index in [0.29, 0.717) is 5.69 Å². The van der Waals surface area contributed by atoms with Gasteiger partial charge < -0.3 is 0 Å². The van der Waals surface area contributed by atoms with Gasteiger partial charge in [0, 0.05) is 11.8 Å². The number of aromatic nitrogens is 2. The zero-order valence-electron chi connectivity index (χ0n) is 15.1. The Hall–Kier alpha value is -3.27. The van der Waals surface area contributed by atoms with Crippen molar-refractivity contribution < 1.29 is 8.42 Å². The maximum absolute atomic E-state index is 11.3. The number of anilines is 1. The van der Waals surface area contributed by atoms with Crippen LogP contribution in [0.15, 0.2) is 88.3 Å². The molecular weight excluding hydrogens is 406 g/mol. The summed E-state index contributed by atoms with van der Waals surface area (Å²) in [7, 11) is -3.71. The van der Waals surface area contributed by atoms with Crippen LogP contribution in [0.4, 0.5) is 5.69 Å². The van der Waals surface area contributed by atoms with Gasteiger partial charge in [0.15, 0.2) is 0 Å². The highest BCUT2D eigenvalue weighted by Gasteiger charge is 2.12. The first-order valence-electron chi connectivity index (χ1n) is 8.61. The third-order valence-electron chi connectivity index (χ3n) is 4.10. The van der Waals surface area contributed by atoms with Gasteiger partial charge in [0.05, 0.1) is 27.4 Å². The third kappa shape index (κ3) is 4.43. The van der Waals surface area contributed by atoms with Crippen LogP contribution < -0.4 is 10.6 Å². The Bertz CT molecular complexity index is 1230. The Morgan fingerprint density at radius 3 is 2.45 bits per heavy atom. The van der Waals surface area contributed by atoms with Gasteiger partial charge in [-0.05, 0) is 47.8 Å². The van der Waals surface area contributed by atoms with Crippen LogP contribution in [-0.4, -0.2) is 24.4 Å². The average molecular weight is 424 g/mol. The standard InChI is InChI=1S/C20H17N5O2S2/c21-29(26,27)18-10-8-16(9-11-18)23-22-13-15-14-25(17-5-2-1-3-6-17)24-20(15)19-7-4-12-28-19/h1-14,23H,(H2,21,26,27)/b22-13-. The first-order chi connectivity index (χ1) is 14.0. The number of primary sulfonamides is 1. The van der Waals surface area contributed by atoms with Gasteiger partial charge >= 0.3 is 0 Å². The van der Waals surface area contributed by atoms with Crippen LogP contribution in [0.5, 0.6) is 0 Å². The summed E-state index contributed by atoms with van der Waals surface area (Å²) in [6, 6.07) is 19.9. The molecule has 0 saturated heterocycles. The van der Waals surface area contributed by atoms with Crippen molar-refractivity contribution in [2.24, 2.45) is 10.2 Å². The number of nitrogens with zero attached hydrogens (tertiary/aromatic N) is 3. The van der Waals surface area contributed by atoms with Crippen molar-refractivity contribution in [3.05, 3.63) is 83.9 Å². The van der Waals surface area contributed by atoms with E-state index in [1.54, 1.807) is 29.7 Å². The van der Waals surface area contributed by atoms with Gasteiger partial charge in [-0.15, -0.1) is 11.3 Å². The minimum absolute atomic E-state index is 0.0520. The molecule has 2 heterocycles. The summed E-state index contributed by atoms with van der Waals surface area (Å²) in [5.41, 5.74) is 6.17. The molecule has 4 rings (SSSR count). The molecule has 146 valence electrons. The van der Waals surface area contributed by atoms with Crippen molar-refractivity contribution in [3.63, 3.8) is 0 Å². The fourth-order valence-corrected chi connectivity index (χ4v) is 3.94. The van der Waals surface area contributed by atoms with E-state index in [1.807, 2.05) is 58.7 Å². The molecule has 9 heteroatoms. The highest BCUT2D eigenvalue weighted by Crippen LogP contribution is 2.27. The Labute approximate surface area is 172 Å². The Kier molecular flexibility index (Phi) is 5.26. The molecule has 3 N–H and O–H groups in total. The lowest BCUT2D eigenvalue weighted by Gasteiger charge is -2.01. The molecule has 2 aromatic heterocycles. The zero-order chi connectivity index (χ0) is 20.3. The van der Waals surface area contributed by atoms with E-state index in [2.05, 4.69) is 10.5 Å². The van der Waals surface area contributed by atoms with E-state index in [-0.39, 0.29) is 4.90 Å². The minimum Gasteiger partial charge on any atom is -0.279 e. The number of rotatable bonds is 6. The van der Waals surface area contributed by atoms with Crippen molar-refractivity contribution in [1.29, 1.82) is 0 Å². The second-order valence-corrected chi connectivity index (χ2v) is 8.64. The van der Waals surface area contributed by atoms with Crippen LogP contribution in [-0.2, 0) is 10.0 Å². The lowest BCUT2D eigenvalue weighted by Crippen LogP contribution is -2.11. The minimum atomic E-state index is -3.71. The van der Waals surface area contributed by atoms with E-state index >= 15 is 0 Å². The highest BCUT2D eigenvalue weighted by atomic mass is 32.2. The molecule has 29 heavy (non-hydrogen) atoms. The van der Waals surface area contributed by atoms with Gasteiger partial charge in [0.25, 0.3) is 0 Å². The molecule has 0 radical (unpaired) electrons. The van der Waals surface area contributed by atoms with Crippen molar-refractivity contribution in [3.8, 4) is 16.3 Å². The molecule has 0 aliphatic carbocycles. The molecule has 0 fully saturated rings. The van der Waals surface area contributed by atoms with Crippen LogP contribution in [0.3, 0.4) is 0 Å². The number of hydrazone groups is 1. The number of sulfonamides is 1. The van der Waals surface area contributed by atoms with Gasteiger partial charge in [-0.3, -0.25) is 5.43 Å². The van der Waals surface area contributed by atoms with Gasteiger partial charge in [-0.25, -0.2) is 18.2 Å². The fraction of sp³-hybridized carbons (Fsp3) is 0. The van der Waals surface area contributed by atoms with E-state index in [9.17, 15) is 8.42 Å². The van der Waals surface area contributed by atoms with Crippen LogP contribution in [0, 0.1) is 0 Å². The topological polar surface area (TPSA) is 102 Å². The normalized spacial score (nSPS) is 11.8. The second-order valence-electron chi connectivity index (χ2n) is 6.13. The molecule has 0 aliphatic heterocycles. The Morgan fingerprint density at radius 2 is 1.79 bits per heavy atom. The van der Waals surface area contributed by atoms with Gasteiger partial charge in [0.2, 0.25) is 10.0 Å². The number of nitrogens with one attached hydrogen (secondary N) is 1. The van der Waals surface area contributed by atoms with Crippen LogP contribution in [0.1, 0.15) is 5.56 Å². The number of thiophene rings is 1. The molecule has 0 saturated carbocycles. The molecule has 7 nitrogen and oxygen atoms in total. The summed E-state index contributed by atoms with van der Waals surface area (Å²) in [4.78, 5) is 1.09. The van der Waals surface area contributed by atoms with Crippen LogP contribution in [0.25, 0.3) is 16.3 Å². The number of nitrogens with two attached hydrogens (primary N) is 1. The predicted molar refractivity (Wildman–Crippen MR) is 116 cm³/mol. The van der Waals surface area contributed by atoms with Crippen molar-refractivity contribution in [2.45, 2.75) is 4.90 Å². The predicted octanol–water partition coefficient (Wildman–Crippen LogP) is 3.69. The second kappa shape index (κ2) is 8.00. The molecule has 0 unspecified atom stereocenters. The quantitative estimate of drug-likeness (QED) is 0.365. The summed E-state index contributed by atoms with van der Waals surface area (Å²) < 4.78 is 24.5. The third-order valence-corrected chi connectivity index (χ3v) is 5.90.